The van der Waals surface area contributed by atoms with E-state index in [1.54, 1.807) is 12.1 Å². The number of allylic oxidation sites excluding steroid dienone is 1. The van der Waals surface area contributed by atoms with E-state index in [0.29, 0.717) is 5.02 Å². The van der Waals surface area contributed by atoms with Gasteiger partial charge in [0.2, 0.25) is 5.95 Å². The molecule has 0 aliphatic carbocycles. The van der Waals surface area contributed by atoms with Crippen molar-refractivity contribution in [3.63, 3.8) is 0 Å². The molecule has 3 aromatic carbocycles. The van der Waals surface area contributed by atoms with Gasteiger partial charge in [-0.3, -0.25) is 4.57 Å². The lowest BCUT2D eigenvalue weighted by Crippen LogP contribution is -2.19. The Morgan fingerprint density at radius 2 is 1.67 bits per heavy atom. The molecule has 0 spiro atoms. The first-order valence-corrected chi connectivity index (χ1v) is 9.04. The number of aromatic nitrogens is 2. The second kappa shape index (κ2) is 6.25. The third-order valence-corrected chi connectivity index (χ3v) is 5.06. The van der Waals surface area contributed by atoms with Crippen LogP contribution < -0.4 is 5.32 Å². The molecule has 5 heteroatoms. The summed E-state index contributed by atoms with van der Waals surface area (Å²) >= 11 is 6.08. The average molecular weight is 376 g/mol. The van der Waals surface area contributed by atoms with Gasteiger partial charge in [0.05, 0.1) is 17.1 Å². The maximum absolute atomic E-state index is 13.3. The van der Waals surface area contributed by atoms with Gasteiger partial charge in [0.15, 0.2) is 0 Å². The Morgan fingerprint density at radius 3 is 2.44 bits per heavy atom. The number of halogens is 2. The minimum absolute atomic E-state index is 0.0500. The van der Waals surface area contributed by atoms with Crippen molar-refractivity contribution in [1.29, 1.82) is 0 Å². The lowest BCUT2D eigenvalue weighted by Gasteiger charge is -2.26. The quantitative estimate of drug-likeness (QED) is 0.473. The molecule has 0 unspecified atom stereocenters. The molecule has 0 saturated carbocycles. The van der Waals surface area contributed by atoms with Gasteiger partial charge in [0, 0.05) is 10.7 Å². The van der Waals surface area contributed by atoms with Crippen LogP contribution in [0.15, 0.2) is 78.9 Å². The lowest BCUT2D eigenvalue weighted by molar-refractivity contribution is 0.627. The van der Waals surface area contributed by atoms with Crippen LogP contribution in [0.4, 0.5) is 10.3 Å². The van der Waals surface area contributed by atoms with Gasteiger partial charge in [-0.1, -0.05) is 35.9 Å². The van der Waals surface area contributed by atoms with Crippen LogP contribution in [0.2, 0.25) is 5.02 Å². The third-order valence-electron chi connectivity index (χ3n) is 4.81. The molecule has 1 aliphatic heterocycles. The highest BCUT2D eigenvalue weighted by Crippen LogP contribution is 2.37. The monoisotopic (exact) mass is 375 g/mol. The van der Waals surface area contributed by atoms with Crippen LogP contribution in [0, 0.1) is 5.82 Å². The molecule has 0 saturated heterocycles. The number of rotatable bonds is 2. The fourth-order valence-electron chi connectivity index (χ4n) is 3.51. The zero-order valence-corrected chi connectivity index (χ0v) is 15.0. The standard InChI is InChI=1S/C22H15ClFN3/c23-16-9-5-15(6-10-16)21-13-19(14-7-11-17(24)12-8-14)26-22-25-18-3-1-2-4-20(18)27(21)22/h1-13,21H,(H,25,26)/t21-/m1/s1. The number of nitrogens with zero attached hydrogens (tertiary/aromatic N) is 2. The predicted octanol–water partition coefficient (Wildman–Crippen LogP) is 5.88. The normalized spacial score (nSPS) is 15.9. The fourth-order valence-corrected chi connectivity index (χ4v) is 3.64. The van der Waals surface area contributed by atoms with Crippen molar-refractivity contribution in [3.8, 4) is 0 Å². The number of imidazole rings is 1. The SMILES string of the molecule is Fc1ccc(C2=C[C@H](c3ccc(Cl)cc3)n3c(nc4ccccc43)N2)cc1. The van der Waals surface area contributed by atoms with Crippen molar-refractivity contribution >= 4 is 34.3 Å². The highest BCUT2D eigenvalue weighted by molar-refractivity contribution is 6.30. The van der Waals surface area contributed by atoms with Crippen LogP contribution in [0.3, 0.4) is 0 Å². The summed E-state index contributed by atoms with van der Waals surface area (Å²) in [5, 5.41) is 4.10. The van der Waals surface area contributed by atoms with Crippen molar-refractivity contribution in [2.24, 2.45) is 0 Å². The van der Waals surface area contributed by atoms with Crippen LogP contribution in [0.25, 0.3) is 16.7 Å². The van der Waals surface area contributed by atoms with E-state index in [4.69, 9.17) is 16.6 Å². The van der Waals surface area contributed by atoms with Gasteiger partial charge in [-0.15, -0.1) is 0 Å². The van der Waals surface area contributed by atoms with Crippen molar-refractivity contribution in [3.05, 3.63) is 101 Å². The summed E-state index contributed by atoms with van der Waals surface area (Å²) in [4.78, 5) is 4.75. The zero-order chi connectivity index (χ0) is 18.4. The lowest BCUT2D eigenvalue weighted by atomic mass is 10.0. The Morgan fingerprint density at radius 1 is 0.926 bits per heavy atom. The van der Waals surface area contributed by atoms with Gasteiger partial charge in [-0.2, -0.15) is 0 Å². The third kappa shape index (κ3) is 2.78. The van der Waals surface area contributed by atoms with E-state index in [-0.39, 0.29) is 11.9 Å². The van der Waals surface area contributed by atoms with Crippen LogP contribution in [0.1, 0.15) is 17.2 Å². The molecule has 1 aromatic heterocycles. The van der Waals surface area contributed by atoms with Gasteiger partial charge < -0.3 is 5.32 Å². The zero-order valence-electron chi connectivity index (χ0n) is 14.2. The van der Waals surface area contributed by atoms with E-state index in [1.807, 2.05) is 42.5 Å². The fraction of sp³-hybridized carbons (Fsp3) is 0.0455. The Kier molecular flexibility index (Phi) is 3.73. The molecule has 0 radical (unpaired) electrons. The molecule has 4 aromatic rings. The van der Waals surface area contributed by atoms with Crippen LogP contribution in [-0.2, 0) is 0 Å². The Balaban J connectivity index is 1.71. The summed E-state index contributed by atoms with van der Waals surface area (Å²) in [6.45, 7) is 0. The summed E-state index contributed by atoms with van der Waals surface area (Å²) in [6.07, 6.45) is 2.14. The average Bonchev–Trinajstić information content (AvgIpc) is 3.07. The number of hydrogen-bond acceptors (Lipinski definition) is 2. The molecule has 1 atom stereocenters. The second-order valence-corrected chi connectivity index (χ2v) is 6.94. The smallest absolute Gasteiger partial charge is 0.209 e. The molecule has 0 fully saturated rings. The molecular weight excluding hydrogens is 361 g/mol. The first-order valence-electron chi connectivity index (χ1n) is 8.66. The second-order valence-electron chi connectivity index (χ2n) is 6.50. The highest BCUT2D eigenvalue weighted by Gasteiger charge is 2.25. The summed E-state index contributed by atoms with van der Waals surface area (Å²) < 4.78 is 15.5. The van der Waals surface area contributed by atoms with E-state index in [9.17, 15) is 4.39 Å². The summed E-state index contributed by atoms with van der Waals surface area (Å²) in [6, 6.07) is 22.3. The van der Waals surface area contributed by atoms with E-state index in [0.717, 1.165) is 33.8 Å². The molecule has 0 bridgehead atoms. The topological polar surface area (TPSA) is 29.9 Å². The number of para-hydroxylation sites is 2. The molecule has 5 rings (SSSR count). The van der Waals surface area contributed by atoms with E-state index < -0.39 is 0 Å². The predicted molar refractivity (Wildman–Crippen MR) is 107 cm³/mol. The van der Waals surface area contributed by atoms with Crippen molar-refractivity contribution in [2.45, 2.75) is 6.04 Å². The largest absolute Gasteiger partial charge is 0.325 e. The van der Waals surface area contributed by atoms with Crippen molar-refractivity contribution in [2.75, 3.05) is 5.32 Å². The maximum Gasteiger partial charge on any atom is 0.209 e. The molecule has 2 heterocycles. The molecule has 3 nitrogen and oxygen atoms in total. The Bertz CT molecular complexity index is 1160. The van der Waals surface area contributed by atoms with Gasteiger partial charge in [-0.25, -0.2) is 9.37 Å². The van der Waals surface area contributed by atoms with Gasteiger partial charge >= 0.3 is 0 Å². The first kappa shape index (κ1) is 16.1. The van der Waals surface area contributed by atoms with E-state index in [1.165, 1.54) is 12.1 Å². The molecule has 1 N–H and O–H groups in total. The van der Waals surface area contributed by atoms with Crippen molar-refractivity contribution in [1.82, 2.24) is 9.55 Å². The van der Waals surface area contributed by atoms with Crippen LogP contribution >= 0.6 is 11.6 Å². The molecule has 132 valence electrons. The van der Waals surface area contributed by atoms with E-state index >= 15 is 0 Å². The Labute approximate surface area is 160 Å². The van der Waals surface area contributed by atoms with Crippen LogP contribution in [0.5, 0.6) is 0 Å². The minimum atomic E-state index is -0.253. The molecule has 27 heavy (non-hydrogen) atoms. The highest BCUT2D eigenvalue weighted by atomic mass is 35.5. The summed E-state index contributed by atoms with van der Waals surface area (Å²) in [5.41, 5.74) is 4.89. The van der Waals surface area contributed by atoms with Gasteiger partial charge in [0.1, 0.15) is 5.82 Å². The minimum Gasteiger partial charge on any atom is -0.325 e. The number of nitrogens with one attached hydrogen (secondary N) is 1. The first-order chi connectivity index (χ1) is 13.2. The maximum atomic E-state index is 13.3. The number of fused-ring (bicyclic) bond motifs is 3. The van der Waals surface area contributed by atoms with Gasteiger partial charge in [-0.05, 0) is 65.7 Å². The van der Waals surface area contributed by atoms with Gasteiger partial charge in [0.25, 0.3) is 0 Å². The van der Waals surface area contributed by atoms with Crippen LogP contribution in [-0.4, -0.2) is 9.55 Å². The van der Waals surface area contributed by atoms with E-state index in [2.05, 4.69) is 22.0 Å². The number of anilines is 1. The molecule has 1 aliphatic rings. The van der Waals surface area contributed by atoms with Crippen molar-refractivity contribution < 1.29 is 4.39 Å². The molecular formula is C22H15ClFN3. The summed E-state index contributed by atoms with van der Waals surface area (Å²) in [7, 11) is 0. The number of hydrogen-bond donors (Lipinski definition) is 1. The summed E-state index contributed by atoms with van der Waals surface area (Å²) in [5.74, 6) is 0.509. The number of benzene rings is 3. The Hall–Kier alpha value is -3.11. The molecule has 0 amide bonds.